The van der Waals surface area contributed by atoms with Gasteiger partial charge in [-0.3, -0.25) is 0 Å². The van der Waals surface area contributed by atoms with Crippen LogP contribution in [0.5, 0.6) is 5.75 Å². The van der Waals surface area contributed by atoms with E-state index >= 15 is 0 Å². The summed E-state index contributed by atoms with van der Waals surface area (Å²) in [5.74, 6) is 1.50. The fraction of sp³-hybridized carbons (Fsp3) is 0.235. The Labute approximate surface area is 124 Å². The second-order valence-corrected chi connectivity index (χ2v) is 5.05. The molecule has 1 aliphatic heterocycles. The number of para-hydroxylation sites is 2. The van der Waals surface area contributed by atoms with Crippen LogP contribution < -0.4 is 9.64 Å². The molecule has 4 heteroatoms. The predicted molar refractivity (Wildman–Crippen MR) is 82.5 cm³/mol. The highest BCUT2D eigenvalue weighted by atomic mass is 16.5. The lowest BCUT2D eigenvalue weighted by atomic mass is 10.1. The molecule has 0 saturated carbocycles. The molecule has 0 spiro atoms. The fourth-order valence-electron chi connectivity index (χ4n) is 2.59. The van der Waals surface area contributed by atoms with Crippen LogP contribution in [-0.2, 0) is 0 Å². The van der Waals surface area contributed by atoms with Crippen molar-refractivity contribution < 1.29 is 9.53 Å². The lowest BCUT2D eigenvalue weighted by Crippen LogP contribution is -2.43. The number of rotatable bonds is 3. The van der Waals surface area contributed by atoms with Gasteiger partial charge in [0.15, 0.2) is 0 Å². The zero-order chi connectivity index (χ0) is 14.5. The van der Waals surface area contributed by atoms with E-state index in [2.05, 4.69) is 4.79 Å². The van der Waals surface area contributed by atoms with E-state index in [9.17, 15) is 5.53 Å². The summed E-state index contributed by atoms with van der Waals surface area (Å²) < 4.78 is 5.95. The summed E-state index contributed by atoms with van der Waals surface area (Å²) in [5.41, 5.74) is 10.3. The number of piperidine rings is 1. The lowest BCUT2D eigenvalue weighted by molar-refractivity contribution is -0.0165. The monoisotopic (exact) mass is 279 g/mol. The van der Waals surface area contributed by atoms with Crippen LogP contribution >= 0.6 is 0 Å². The maximum Gasteiger partial charge on any atom is 0.337 e. The molecule has 106 valence electrons. The molecule has 1 aliphatic rings. The second kappa shape index (κ2) is 6.25. The smallest absolute Gasteiger partial charge is 0.337 e. The minimum Gasteiger partial charge on any atom is -0.497 e. The highest BCUT2D eigenvalue weighted by Crippen LogP contribution is 2.23. The minimum atomic E-state index is 0.0401. The number of nitrogens with zero attached hydrogens (tertiary/aromatic N) is 3. The SMILES string of the molecule is [N-]=[N+]=C1CC(Oc2ccccc2)CCN1c1ccccc1. The van der Waals surface area contributed by atoms with E-state index < -0.39 is 0 Å². The van der Waals surface area contributed by atoms with Crippen molar-refractivity contribution in [2.75, 3.05) is 11.4 Å². The van der Waals surface area contributed by atoms with Gasteiger partial charge in [-0.2, -0.15) is 0 Å². The second-order valence-electron chi connectivity index (χ2n) is 5.05. The van der Waals surface area contributed by atoms with Crippen molar-refractivity contribution in [2.45, 2.75) is 18.9 Å². The van der Waals surface area contributed by atoms with E-state index in [-0.39, 0.29) is 6.10 Å². The Kier molecular flexibility index (Phi) is 3.99. The maximum absolute atomic E-state index is 9.30. The number of anilines is 1. The third kappa shape index (κ3) is 3.12. The summed E-state index contributed by atoms with van der Waals surface area (Å²) in [4.78, 5) is 5.49. The van der Waals surface area contributed by atoms with Gasteiger partial charge in [0.25, 0.3) is 0 Å². The molecule has 0 bridgehead atoms. The topological polar surface area (TPSA) is 48.9 Å². The fourth-order valence-corrected chi connectivity index (χ4v) is 2.59. The van der Waals surface area contributed by atoms with E-state index in [1.165, 1.54) is 0 Å². The highest BCUT2D eigenvalue weighted by molar-refractivity contribution is 5.94. The van der Waals surface area contributed by atoms with Crippen LogP contribution in [0, 0.1) is 0 Å². The molecular formula is C17H17N3O. The molecule has 2 aromatic rings. The summed E-state index contributed by atoms with van der Waals surface area (Å²) >= 11 is 0. The standard InChI is InChI=1S/C17H17N3O/c18-19-17-13-16(21-15-9-5-2-6-10-15)11-12-20(17)14-7-3-1-4-8-14/h1-10,16H,11-13H2. The zero-order valence-corrected chi connectivity index (χ0v) is 11.7. The van der Waals surface area contributed by atoms with Crippen molar-refractivity contribution >= 4 is 11.5 Å². The largest absolute Gasteiger partial charge is 0.497 e. The van der Waals surface area contributed by atoms with Crippen LogP contribution in [0.1, 0.15) is 12.8 Å². The van der Waals surface area contributed by atoms with Gasteiger partial charge in [0.05, 0.1) is 6.54 Å². The minimum absolute atomic E-state index is 0.0401. The van der Waals surface area contributed by atoms with Gasteiger partial charge in [-0.05, 0) is 24.3 Å². The Balaban J connectivity index is 1.71. The first-order chi connectivity index (χ1) is 10.4. The van der Waals surface area contributed by atoms with Gasteiger partial charge in [0, 0.05) is 6.42 Å². The van der Waals surface area contributed by atoms with Gasteiger partial charge < -0.3 is 15.1 Å². The molecule has 1 saturated heterocycles. The molecule has 0 N–H and O–H groups in total. The quantitative estimate of drug-likeness (QED) is 0.639. The molecule has 2 aromatic carbocycles. The molecule has 1 heterocycles. The van der Waals surface area contributed by atoms with Crippen molar-refractivity contribution in [2.24, 2.45) is 0 Å². The van der Waals surface area contributed by atoms with E-state index in [0.29, 0.717) is 12.3 Å². The van der Waals surface area contributed by atoms with Gasteiger partial charge in [0.1, 0.15) is 24.0 Å². The molecule has 3 rings (SSSR count). The third-order valence-corrected chi connectivity index (χ3v) is 3.63. The molecule has 0 aliphatic carbocycles. The summed E-state index contributed by atoms with van der Waals surface area (Å²) in [6, 6.07) is 19.7. The van der Waals surface area contributed by atoms with Crippen molar-refractivity contribution in [3.05, 3.63) is 66.2 Å². The lowest BCUT2D eigenvalue weighted by Gasteiger charge is -2.27. The number of benzene rings is 2. The van der Waals surface area contributed by atoms with Crippen molar-refractivity contribution in [1.29, 1.82) is 0 Å². The van der Waals surface area contributed by atoms with Crippen LogP contribution in [0.15, 0.2) is 60.7 Å². The van der Waals surface area contributed by atoms with Crippen LogP contribution in [0.2, 0.25) is 0 Å². The molecular weight excluding hydrogens is 262 g/mol. The van der Waals surface area contributed by atoms with Gasteiger partial charge in [-0.1, -0.05) is 36.4 Å². The highest BCUT2D eigenvalue weighted by Gasteiger charge is 2.33. The summed E-state index contributed by atoms with van der Waals surface area (Å²) in [5, 5.41) is 0. The zero-order valence-electron chi connectivity index (χ0n) is 11.7. The average molecular weight is 279 g/mol. The summed E-state index contributed by atoms with van der Waals surface area (Å²) in [6.07, 6.45) is 1.53. The van der Waals surface area contributed by atoms with Gasteiger partial charge in [-0.15, -0.1) is 0 Å². The third-order valence-electron chi connectivity index (χ3n) is 3.63. The number of hydrogen-bond donors (Lipinski definition) is 0. The van der Waals surface area contributed by atoms with Crippen LogP contribution in [0.3, 0.4) is 0 Å². The number of ether oxygens (including phenoxy) is 1. The molecule has 0 aromatic heterocycles. The van der Waals surface area contributed by atoms with Crippen molar-refractivity contribution in [3.8, 4) is 5.75 Å². The summed E-state index contributed by atoms with van der Waals surface area (Å²) in [6.45, 7) is 0.779. The van der Waals surface area contributed by atoms with Crippen molar-refractivity contribution in [1.82, 2.24) is 0 Å². The van der Waals surface area contributed by atoms with E-state index in [0.717, 1.165) is 24.4 Å². The molecule has 4 nitrogen and oxygen atoms in total. The number of amidine groups is 1. The maximum atomic E-state index is 9.30. The van der Waals surface area contributed by atoms with Crippen LogP contribution in [0.25, 0.3) is 5.53 Å². The first kappa shape index (κ1) is 13.4. The Morgan fingerprint density at radius 3 is 2.33 bits per heavy atom. The van der Waals surface area contributed by atoms with Crippen LogP contribution in [0.4, 0.5) is 5.69 Å². The van der Waals surface area contributed by atoms with E-state index in [1.54, 1.807) is 0 Å². The molecule has 0 amide bonds. The van der Waals surface area contributed by atoms with Crippen molar-refractivity contribution in [3.63, 3.8) is 0 Å². The average Bonchev–Trinajstić information content (AvgIpc) is 2.56. The van der Waals surface area contributed by atoms with Gasteiger partial charge >= 0.3 is 5.84 Å². The Morgan fingerprint density at radius 1 is 1.00 bits per heavy atom. The molecule has 1 unspecified atom stereocenters. The van der Waals surface area contributed by atoms with Gasteiger partial charge in [0.2, 0.25) is 0 Å². The molecule has 1 atom stereocenters. The van der Waals surface area contributed by atoms with Crippen LogP contribution in [-0.4, -0.2) is 23.3 Å². The first-order valence-electron chi connectivity index (χ1n) is 7.12. The van der Waals surface area contributed by atoms with Gasteiger partial charge in [-0.25, -0.2) is 4.90 Å². The summed E-state index contributed by atoms with van der Waals surface area (Å²) in [7, 11) is 0. The molecule has 0 radical (unpaired) electrons. The predicted octanol–water partition coefficient (Wildman–Crippen LogP) is 3.36. The Hall–Kier alpha value is -2.58. The number of hydrogen-bond acceptors (Lipinski definition) is 1. The first-order valence-corrected chi connectivity index (χ1v) is 7.12. The Bertz CT molecular complexity index is 636. The molecule has 21 heavy (non-hydrogen) atoms. The Morgan fingerprint density at radius 2 is 1.67 bits per heavy atom. The van der Waals surface area contributed by atoms with E-state index in [1.807, 2.05) is 65.6 Å². The normalized spacial score (nSPS) is 18.2. The van der Waals surface area contributed by atoms with E-state index in [4.69, 9.17) is 4.74 Å². The molecule has 1 fully saturated rings.